The number of aromatic nitrogens is 1. The lowest BCUT2D eigenvalue weighted by molar-refractivity contribution is -0.138. The molecular weight excluding hydrogens is 290 g/mol. The molecule has 6 nitrogen and oxygen atoms in total. The minimum Gasteiger partial charge on any atom is -0.480 e. The van der Waals surface area contributed by atoms with Crippen LogP contribution in [0.5, 0.6) is 0 Å². The average Bonchev–Trinajstić information content (AvgIpc) is 3.05. The van der Waals surface area contributed by atoms with Gasteiger partial charge in [0.05, 0.1) is 17.1 Å². The summed E-state index contributed by atoms with van der Waals surface area (Å²) in [5.74, 6) is -0.112. The molecule has 2 rings (SSSR count). The second kappa shape index (κ2) is 7.35. The summed E-state index contributed by atoms with van der Waals surface area (Å²) in [4.78, 5) is 15.8. The number of hydrogen-bond acceptors (Lipinski definition) is 6. The smallest absolute Gasteiger partial charge is 0.317 e. The molecule has 0 bridgehead atoms. The van der Waals surface area contributed by atoms with Crippen molar-refractivity contribution in [3.8, 4) is 10.6 Å². The summed E-state index contributed by atoms with van der Waals surface area (Å²) in [6.45, 7) is 1.92. The molecule has 0 aliphatic heterocycles. The van der Waals surface area contributed by atoms with E-state index in [0.717, 1.165) is 22.9 Å². The molecule has 0 aliphatic carbocycles. The molecule has 0 spiro atoms. The lowest BCUT2D eigenvalue weighted by atomic mass is 10.3. The van der Waals surface area contributed by atoms with Crippen LogP contribution >= 0.6 is 11.3 Å². The van der Waals surface area contributed by atoms with E-state index in [1.54, 1.807) is 11.3 Å². The van der Waals surface area contributed by atoms with Crippen molar-refractivity contribution in [2.45, 2.75) is 6.54 Å². The highest BCUT2D eigenvalue weighted by molar-refractivity contribution is 7.13. The number of rotatable bonds is 8. The summed E-state index contributed by atoms with van der Waals surface area (Å²) in [7, 11) is 3.92. The Morgan fingerprint density at radius 2 is 2.24 bits per heavy atom. The predicted molar refractivity (Wildman–Crippen MR) is 81.3 cm³/mol. The minimum atomic E-state index is -0.837. The maximum absolute atomic E-state index is 10.9. The standard InChI is InChI=1S/C14H19N3O3S/c1-16(2)5-6-17(10-14(18)19)9-11-8-12(20-15-11)13-4-3-7-21-13/h3-4,7-8H,5-6,9-10H2,1-2H3,(H,18,19). The number of carboxylic acids is 1. The molecule has 7 heteroatoms. The highest BCUT2D eigenvalue weighted by Crippen LogP contribution is 2.25. The maximum Gasteiger partial charge on any atom is 0.317 e. The normalized spacial score (nSPS) is 11.4. The van der Waals surface area contributed by atoms with E-state index in [-0.39, 0.29) is 6.54 Å². The highest BCUT2D eigenvalue weighted by atomic mass is 32.1. The van der Waals surface area contributed by atoms with Crippen LogP contribution in [0.2, 0.25) is 0 Å². The molecule has 1 N–H and O–H groups in total. The summed E-state index contributed by atoms with van der Waals surface area (Å²) in [6, 6.07) is 5.79. The van der Waals surface area contributed by atoms with Crippen molar-refractivity contribution < 1.29 is 14.4 Å². The number of nitrogens with zero attached hydrogens (tertiary/aromatic N) is 3. The third kappa shape index (κ3) is 4.96. The van der Waals surface area contributed by atoms with Crippen LogP contribution in [-0.4, -0.2) is 59.8 Å². The third-order valence-electron chi connectivity index (χ3n) is 2.93. The molecule has 0 amide bonds. The van der Waals surface area contributed by atoms with Gasteiger partial charge in [-0.2, -0.15) is 0 Å². The van der Waals surface area contributed by atoms with Gasteiger partial charge < -0.3 is 14.5 Å². The fourth-order valence-corrected chi connectivity index (χ4v) is 2.57. The van der Waals surface area contributed by atoms with Gasteiger partial charge in [0, 0.05) is 25.7 Å². The van der Waals surface area contributed by atoms with Crippen LogP contribution in [0.25, 0.3) is 10.6 Å². The zero-order valence-electron chi connectivity index (χ0n) is 12.2. The Morgan fingerprint density at radius 3 is 2.86 bits per heavy atom. The summed E-state index contributed by atoms with van der Waals surface area (Å²) >= 11 is 1.58. The van der Waals surface area contributed by atoms with Gasteiger partial charge in [0.15, 0.2) is 5.76 Å². The van der Waals surface area contributed by atoms with Gasteiger partial charge in [-0.15, -0.1) is 11.3 Å². The molecule has 21 heavy (non-hydrogen) atoms. The Hall–Kier alpha value is -1.70. The van der Waals surface area contributed by atoms with Gasteiger partial charge in [-0.05, 0) is 25.5 Å². The third-order valence-corrected chi connectivity index (χ3v) is 3.82. The van der Waals surface area contributed by atoms with Crippen molar-refractivity contribution in [3.05, 3.63) is 29.3 Å². The molecule has 0 atom stereocenters. The van der Waals surface area contributed by atoms with E-state index in [1.165, 1.54) is 0 Å². The van der Waals surface area contributed by atoms with Gasteiger partial charge in [-0.1, -0.05) is 11.2 Å². The highest BCUT2D eigenvalue weighted by Gasteiger charge is 2.14. The Labute approximate surface area is 127 Å². The van der Waals surface area contributed by atoms with E-state index >= 15 is 0 Å². The zero-order chi connectivity index (χ0) is 15.2. The quantitative estimate of drug-likeness (QED) is 0.802. The maximum atomic E-state index is 10.9. The molecule has 0 saturated heterocycles. The number of thiophene rings is 1. The van der Waals surface area contributed by atoms with E-state index < -0.39 is 5.97 Å². The lowest BCUT2D eigenvalue weighted by Gasteiger charge is -2.20. The number of carboxylic acid groups (broad SMARTS) is 1. The predicted octanol–water partition coefficient (Wildman–Crippen LogP) is 1.85. The molecule has 2 aromatic heterocycles. The SMILES string of the molecule is CN(C)CCN(CC(=O)O)Cc1cc(-c2cccs2)on1. The Balaban J connectivity index is 2.00. The van der Waals surface area contributed by atoms with Gasteiger partial charge in [0.1, 0.15) is 0 Å². The molecule has 0 saturated carbocycles. The average molecular weight is 309 g/mol. The molecule has 114 valence electrons. The fraction of sp³-hybridized carbons (Fsp3) is 0.429. The number of carbonyl (C=O) groups is 1. The molecule has 0 fully saturated rings. The number of aliphatic carboxylic acids is 1. The van der Waals surface area contributed by atoms with Crippen molar-refractivity contribution in [2.24, 2.45) is 0 Å². The van der Waals surface area contributed by atoms with Gasteiger partial charge in [0.25, 0.3) is 0 Å². The first-order valence-corrected chi connectivity index (χ1v) is 7.51. The molecule has 2 heterocycles. The Morgan fingerprint density at radius 1 is 1.43 bits per heavy atom. The van der Waals surface area contributed by atoms with E-state index in [9.17, 15) is 4.79 Å². The van der Waals surface area contributed by atoms with E-state index in [4.69, 9.17) is 9.63 Å². The van der Waals surface area contributed by atoms with Crippen molar-refractivity contribution in [1.29, 1.82) is 0 Å². The first kappa shape index (κ1) is 15.7. The molecule has 0 aliphatic rings. The fourth-order valence-electron chi connectivity index (χ4n) is 1.90. The molecule has 0 unspecified atom stereocenters. The zero-order valence-corrected chi connectivity index (χ0v) is 13.0. The largest absolute Gasteiger partial charge is 0.480 e. The van der Waals surface area contributed by atoms with E-state index in [1.807, 2.05) is 47.5 Å². The van der Waals surface area contributed by atoms with Crippen LogP contribution in [-0.2, 0) is 11.3 Å². The second-order valence-electron chi connectivity index (χ2n) is 5.07. The molecule has 0 aromatic carbocycles. The van der Waals surface area contributed by atoms with Crippen LogP contribution in [0.15, 0.2) is 28.1 Å². The van der Waals surface area contributed by atoms with Gasteiger partial charge in [-0.25, -0.2) is 0 Å². The first-order chi connectivity index (χ1) is 10.0. The topological polar surface area (TPSA) is 69.8 Å². The van der Waals surface area contributed by atoms with Crippen LogP contribution in [0, 0.1) is 0 Å². The van der Waals surface area contributed by atoms with E-state index in [0.29, 0.717) is 13.1 Å². The molecular formula is C14H19N3O3S. The van der Waals surface area contributed by atoms with Gasteiger partial charge >= 0.3 is 5.97 Å². The monoisotopic (exact) mass is 309 g/mol. The van der Waals surface area contributed by atoms with Crippen molar-refractivity contribution in [3.63, 3.8) is 0 Å². The summed E-state index contributed by atoms with van der Waals surface area (Å²) < 4.78 is 5.32. The van der Waals surface area contributed by atoms with Crippen LogP contribution in [0.1, 0.15) is 5.69 Å². The summed E-state index contributed by atoms with van der Waals surface area (Å²) in [5.41, 5.74) is 0.749. The van der Waals surface area contributed by atoms with Crippen molar-refractivity contribution >= 4 is 17.3 Å². The Kier molecular flexibility index (Phi) is 5.49. The first-order valence-electron chi connectivity index (χ1n) is 6.63. The van der Waals surface area contributed by atoms with Crippen LogP contribution < -0.4 is 0 Å². The second-order valence-corrected chi connectivity index (χ2v) is 6.02. The number of hydrogen-bond donors (Lipinski definition) is 1. The van der Waals surface area contributed by atoms with Crippen LogP contribution in [0.4, 0.5) is 0 Å². The summed E-state index contributed by atoms with van der Waals surface area (Å²) in [5, 5.41) is 15.0. The lowest BCUT2D eigenvalue weighted by Crippen LogP contribution is -2.35. The van der Waals surface area contributed by atoms with Crippen molar-refractivity contribution in [1.82, 2.24) is 15.0 Å². The number of likely N-dealkylation sites (N-methyl/N-ethyl adjacent to an activating group) is 1. The van der Waals surface area contributed by atoms with Crippen LogP contribution in [0.3, 0.4) is 0 Å². The Bertz CT molecular complexity index is 566. The molecule has 0 radical (unpaired) electrons. The minimum absolute atomic E-state index is 0.00493. The van der Waals surface area contributed by atoms with Gasteiger partial charge in [0.2, 0.25) is 0 Å². The van der Waals surface area contributed by atoms with E-state index in [2.05, 4.69) is 5.16 Å². The van der Waals surface area contributed by atoms with Crippen molar-refractivity contribution in [2.75, 3.05) is 33.7 Å². The molecule has 2 aromatic rings. The summed E-state index contributed by atoms with van der Waals surface area (Å²) in [6.07, 6.45) is 0. The van der Waals surface area contributed by atoms with Gasteiger partial charge in [-0.3, -0.25) is 9.69 Å².